The molecule has 10 heteroatoms. The highest BCUT2D eigenvalue weighted by atomic mass is 79.9. The molecule has 0 aliphatic heterocycles. The van der Waals surface area contributed by atoms with Gasteiger partial charge >= 0.3 is 0 Å². The van der Waals surface area contributed by atoms with Gasteiger partial charge in [0.05, 0.1) is 23.6 Å². The molecule has 0 unspecified atom stereocenters. The topological polar surface area (TPSA) is 156 Å². The SMILES string of the molecule is C[C@H]1c2cccc(O)c2C(O)=C2C(=O)[C@]3(O)C(O)=C(C(=O)CC(C)(C)CCCBr)C(=O)[C@@H](N(C)C)[C@@H]3[C@@H](O)[C@@H]21. The minimum atomic E-state index is -2.85. The van der Waals surface area contributed by atoms with E-state index in [0.717, 1.165) is 11.8 Å². The fraction of sp³-hybridized carbons (Fsp3) is 0.552. The lowest BCUT2D eigenvalue weighted by Gasteiger charge is -2.54. The zero-order valence-corrected chi connectivity index (χ0v) is 24.3. The monoisotopic (exact) mass is 605 g/mol. The van der Waals surface area contributed by atoms with Gasteiger partial charge in [-0.3, -0.25) is 19.3 Å². The number of nitrogens with zero attached hydrogens (tertiary/aromatic N) is 1. The van der Waals surface area contributed by atoms with E-state index in [-0.39, 0.29) is 23.3 Å². The molecule has 0 bridgehead atoms. The Morgan fingerprint density at radius 1 is 1.15 bits per heavy atom. The molecule has 0 radical (unpaired) electrons. The molecular weight excluding hydrogens is 570 g/mol. The van der Waals surface area contributed by atoms with E-state index in [4.69, 9.17) is 0 Å². The number of phenolic OH excluding ortho intramolecular Hbond substituents is 1. The van der Waals surface area contributed by atoms with Crippen LogP contribution in [0.2, 0.25) is 0 Å². The summed E-state index contributed by atoms with van der Waals surface area (Å²) in [7, 11) is 3.07. The Labute approximate surface area is 236 Å². The summed E-state index contributed by atoms with van der Waals surface area (Å²) in [5, 5.41) is 57.5. The van der Waals surface area contributed by atoms with Gasteiger partial charge in [-0.1, -0.05) is 48.8 Å². The van der Waals surface area contributed by atoms with E-state index in [1.807, 2.05) is 13.8 Å². The Morgan fingerprint density at radius 3 is 2.38 bits per heavy atom. The first-order valence-electron chi connectivity index (χ1n) is 13.1. The number of hydrogen-bond acceptors (Lipinski definition) is 9. The third-order valence-corrected chi connectivity index (χ3v) is 9.21. The standard InChI is InChI=1S/C29H36BrNO8/c1-13-14-8-6-9-15(32)18(14)23(34)20-17(13)24(35)21-22(31(4)5)25(36)19(26(37)29(21,39)27(20)38)16(33)12-28(2,3)10-7-11-30/h6,8-9,13,17,21-22,24,32,34-35,37,39H,7,10-12H2,1-5H3/t13-,17+,21+,22-,24-,29+/m0/s1. The molecule has 3 aliphatic rings. The van der Waals surface area contributed by atoms with Gasteiger partial charge in [-0.2, -0.15) is 0 Å². The summed E-state index contributed by atoms with van der Waals surface area (Å²) in [6, 6.07) is 3.27. The minimum absolute atomic E-state index is 0.00297. The maximum Gasteiger partial charge on any atom is 0.202 e. The van der Waals surface area contributed by atoms with Crippen molar-refractivity contribution in [1.82, 2.24) is 4.90 Å². The molecule has 4 rings (SSSR count). The number of rotatable bonds is 7. The van der Waals surface area contributed by atoms with Crippen LogP contribution in [0.25, 0.3) is 5.76 Å². The van der Waals surface area contributed by atoms with E-state index >= 15 is 0 Å². The predicted molar refractivity (Wildman–Crippen MR) is 148 cm³/mol. The van der Waals surface area contributed by atoms with E-state index in [2.05, 4.69) is 15.9 Å². The van der Waals surface area contributed by atoms with E-state index in [1.54, 1.807) is 19.1 Å². The van der Waals surface area contributed by atoms with Crippen molar-refractivity contribution in [3.8, 4) is 5.75 Å². The second kappa shape index (κ2) is 10.1. The van der Waals surface area contributed by atoms with Crippen LogP contribution in [0.5, 0.6) is 5.75 Å². The van der Waals surface area contributed by atoms with Crippen molar-refractivity contribution in [2.45, 2.75) is 63.7 Å². The van der Waals surface area contributed by atoms with Gasteiger partial charge in [0.15, 0.2) is 17.2 Å². The molecule has 1 aromatic rings. The molecule has 1 fully saturated rings. The smallest absolute Gasteiger partial charge is 0.202 e. The van der Waals surface area contributed by atoms with Crippen molar-refractivity contribution < 1.29 is 39.9 Å². The first-order valence-corrected chi connectivity index (χ1v) is 14.2. The normalized spacial score (nSPS) is 30.8. The number of likely N-dealkylation sites (N-methyl/N-ethyl adjacent to an activating group) is 1. The summed E-state index contributed by atoms with van der Waals surface area (Å²) in [6.45, 7) is 5.43. The average Bonchev–Trinajstić information content (AvgIpc) is 2.84. The van der Waals surface area contributed by atoms with Crippen LogP contribution >= 0.6 is 15.9 Å². The molecule has 0 heterocycles. The Morgan fingerprint density at radius 2 is 1.79 bits per heavy atom. The fourth-order valence-corrected chi connectivity index (χ4v) is 7.04. The zero-order valence-electron chi connectivity index (χ0n) is 22.7. The van der Waals surface area contributed by atoms with Crippen LogP contribution in [0.15, 0.2) is 35.1 Å². The molecule has 0 amide bonds. The number of Topliss-reactive ketones (excluding diaryl/α,β-unsaturated/α-hetero) is 3. The van der Waals surface area contributed by atoms with Crippen LogP contribution in [0.4, 0.5) is 0 Å². The summed E-state index contributed by atoms with van der Waals surface area (Å²) in [4.78, 5) is 42.9. The van der Waals surface area contributed by atoms with Crippen LogP contribution < -0.4 is 0 Å². The van der Waals surface area contributed by atoms with Gasteiger partial charge in [-0.15, -0.1) is 0 Å². The molecule has 39 heavy (non-hydrogen) atoms. The third kappa shape index (κ3) is 4.36. The van der Waals surface area contributed by atoms with Crippen molar-refractivity contribution in [3.05, 3.63) is 46.2 Å². The maximum atomic E-state index is 14.1. The van der Waals surface area contributed by atoms with Gasteiger partial charge < -0.3 is 25.5 Å². The number of halogens is 1. The Hall–Kier alpha value is -2.53. The molecule has 0 saturated heterocycles. The fourth-order valence-electron chi connectivity index (χ4n) is 6.76. The van der Waals surface area contributed by atoms with Crippen LogP contribution in [0.3, 0.4) is 0 Å². The lowest BCUT2D eigenvalue weighted by molar-refractivity contribution is -0.169. The molecular formula is C29H36BrNO8. The summed E-state index contributed by atoms with van der Waals surface area (Å²) in [6.07, 6.45) is -0.257. The van der Waals surface area contributed by atoms with Crippen LogP contribution in [-0.4, -0.2) is 85.0 Å². The highest BCUT2D eigenvalue weighted by Crippen LogP contribution is 2.56. The third-order valence-electron chi connectivity index (χ3n) is 8.65. The lowest BCUT2D eigenvalue weighted by atomic mass is 9.54. The van der Waals surface area contributed by atoms with E-state index in [0.29, 0.717) is 12.0 Å². The van der Waals surface area contributed by atoms with Crippen LogP contribution in [0.1, 0.15) is 57.1 Å². The number of ketones is 3. The quantitative estimate of drug-likeness (QED) is 0.233. The number of fused-ring (bicyclic) bond motifs is 3. The van der Waals surface area contributed by atoms with Crippen LogP contribution in [-0.2, 0) is 14.4 Å². The maximum absolute atomic E-state index is 14.1. The molecule has 0 aromatic heterocycles. The van der Waals surface area contributed by atoms with Gasteiger partial charge in [0.2, 0.25) is 5.78 Å². The minimum Gasteiger partial charge on any atom is -0.508 e. The second-order valence-corrected chi connectivity index (χ2v) is 12.8. The van der Waals surface area contributed by atoms with E-state index < -0.39 is 75.4 Å². The van der Waals surface area contributed by atoms with Crippen molar-refractivity contribution in [2.24, 2.45) is 17.3 Å². The number of benzene rings is 1. The number of carbonyl (C=O) groups excluding carboxylic acids is 3. The average molecular weight is 607 g/mol. The number of hydrogen-bond donors (Lipinski definition) is 5. The summed E-state index contributed by atoms with van der Waals surface area (Å²) < 4.78 is 0. The second-order valence-electron chi connectivity index (χ2n) is 12.0. The number of carbonyl (C=O) groups is 3. The molecule has 212 valence electrons. The van der Waals surface area contributed by atoms with Gasteiger partial charge in [0, 0.05) is 23.2 Å². The zero-order chi connectivity index (χ0) is 29.2. The number of alkyl halides is 1. The van der Waals surface area contributed by atoms with Gasteiger partial charge in [0.1, 0.15) is 22.8 Å². The summed E-state index contributed by atoms with van der Waals surface area (Å²) in [5.74, 6) is -7.76. The summed E-state index contributed by atoms with van der Waals surface area (Å²) >= 11 is 3.37. The van der Waals surface area contributed by atoms with Crippen molar-refractivity contribution in [3.63, 3.8) is 0 Å². The number of aromatic hydroxyl groups is 1. The number of phenols is 1. The van der Waals surface area contributed by atoms with Crippen molar-refractivity contribution >= 4 is 39.0 Å². The first kappa shape index (κ1) is 29.5. The van der Waals surface area contributed by atoms with Crippen LogP contribution in [0, 0.1) is 17.3 Å². The van der Waals surface area contributed by atoms with Crippen molar-refractivity contribution in [1.29, 1.82) is 0 Å². The Kier molecular flexibility index (Phi) is 7.66. The predicted octanol–water partition coefficient (Wildman–Crippen LogP) is 3.17. The Bertz CT molecular complexity index is 1300. The van der Waals surface area contributed by atoms with E-state index in [9.17, 15) is 39.9 Å². The molecule has 0 spiro atoms. The highest BCUT2D eigenvalue weighted by molar-refractivity contribution is 9.09. The summed E-state index contributed by atoms with van der Waals surface area (Å²) in [5.41, 5.74) is -3.91. The molecule has 3 aliphatic carbocycles. The number of aliphatic hydroxyl groups is 4. The van der Waals surface area contributed by atoms with Gasteiger partial charge in [-0.05, 0) is 49.9 Å². The molecule has 1 saturated carbocycles. The molecule has 5 N–H and O–H groups in total. The number of aliphatic hydroxyl groups excluding tert-OH is 3. The largest absolute Gasteiger partial charge is 0.508 e. The first-order chi connectivity index (χ1) is 18.1. The van der Waals surface area contributed by atoms with Gasteiger partial charge in [-0.25, -0.2) is 0 Å². The van der Waals surface area contributed by atoms with Gasteiger partial charge in [0.25, 0.3) is 0 Å². The molecule has 6 atom stereocenters. The lowest BCUT2D eigenvalue weighted by Crippen LogP contribution is -2.70. The highest BCUT2D eigenvalue weighted by Gasteiger charge is 2.68. The molecule has 9 nitrogen and oxygen atoms in total. The van der Waals surface area contributed by atoms with E-state index in [1.165, 1.54) is 25.1 Å². The Balaban J connectivity index is 1.94. The van der Waals surface area contributed by atoms with Crippen molar-refractivity contribution in [2.75, 3.05) is 19.4 Å². The molecule has 1 aromatic carbocycles.